The SMILES string of the molecule is c1nc2c(n1CC1CCCCC1)CCCC2. The number of aryl methyl sites for hydroxylation is 1. The topological polar surface area (TPSA) is 17.8 Å². The third kappa shape index (κ3) is 2.02. The van der Waals surface area contributed by atoms with E-state index in [4.69, 9.17) is 0 Å². The summed E-state index contributed by atoms with van der Waals surface area (Å²) in [6, 6.07) is 0. The van der Waals surface area contributed by atoms with Gasteiger partial charge in [0.05, 0.1) is 12.0 Å². The fraction of sp³-hybridized carbons (Fsp3) is 0.786. The lowest BCUT2D eigenvalue weighted by atomic mass is 9.89. The Kier molecular flexibility index (Phi) is 2.98. The first-order valence-corrected chi connectivity index (χ1v) is 6.96. The molecule has 0 amide bonds. The number of rotatable bonds is 2. The van der Waals surface area contributed by atoms with Crippen LogP contribution in [-0.4, -0.2) is 9.55 Å². The molecule has 88 valence electrons. The van der Waals surface area contributed by atoms with Gasteiger partial charge in [-0.3, -0.25) is 0 Å². The molecular weight excluding hydrogens is 196 g/mol. The molecule has 0 N–H and O–H groups in total. The fourth-order valence-corrected chi connectivity index (χ4v) is 3.34. The van der Waals surface area contributed by atoms with Gasteiger partial charge in [-0.25, -0.2) is 4.98 Å². The minimum Gasteiger partial charge on any atom is -0.334 e. The molecule has 2 aliphatic carbocycles. The monoisotopic (exact) mass is 218 g/mol. The van der Waals surface area contributed by atoms with Gasteiger partial charge in [0.2, 0.25) is 0 Å². The average Bonchev–Trinajstić information content (AvgIpc) is 2.74. The Morgan fingerprint density at radius 1 is 1.06 bits per heavy atom. The van der Waals surface area contributed by atoms with Gasteiger partial charge < -0.3 is 4.57 Å². The van der Waals surface area contributed by atoms with Crippen LogP contribution in [0.25, 0.3) is 0 Å². The van der Waals surface area contributed by atoms with Crippen LogP contribution in [0.1, 0.15) is 56.3 Å². The highest BCUT2D eigenvalue weighted by Crippen LogP contribution is 2.27. The molecular formula is C14H22N2. The molecule has 0 bridgehead atoms. The third-order valence-electron chi connectivity index (χ3n) is 4.29. The molecule has 2 aliphatic rings. The molecule has 3 rings (SSSR count). The Morgan fingerprint density at radius 2 is 1.88 bits per heavy atom. The van der Waals surface area contributed by atoms with E-state index in [1.807, 2.05) is 0 Å². The molecule has 0 unspecified atom stereocenters. The van der Waals surface area contributed by atoms with E-state index in [0.29, 0.717) is 0 Å². The normalized spacial score (nSPS) is 22.0. The van der Waals surface area contributed by atoms with Crippen molar-refractivity contribution in [2.45, 2.75) is 64.3 Å². The molecule has 0 saturated heterocycles. The lowest BCUT2D eigenvalue weighted by molar-refractivity contribution is 0.315. The first kappa shape index (κ1) is 10.4. The largest absolute Gasteiger partial charge is 0.334 e. The summed E-state index contributed by atoms with van der Waals surface area (Å²) in [6.07, 6.45) is 14.5. The molecule has 1 aromatic heterocycles. The maximum absolute atomic E-state index is 4.59. The molecule has 0 aliphatic heterocycles. The van der Waals surface area contributed by atoms with Crippen LogP contribution in [0, 0.1) is 5.92 Å². The van der Waals surface area contributed by atoms with Gasteiger partial charge in [0.15, 0.2) is 0 Å². The summed E-state index contributed by atoms with van der Waals surface area (Å²) in [5.41, 5.74) is 2.94. The number of nitrogens with zero attached hydrogens (tertiary/aromatic N) is 2. The van der Waals surface area contributed by atoms with E-state index in [1.165, 1.54) is 70.0 Å². The van der Waals surface area contributed by atoms with Gasteiger partial charge in [0.1, 0.15) is 0 Å². The Hall–Kier alpha value is -0.790. The van der Waals surface area contributed by atoms with Crippen LogP contribution in [0.2, 0.25) is 0 Å². The van der Waals surface area contributed by atoms with Gasteiger partial charge in [-0.05, 0) is 44.4 Å². The highest BCUT2D eigenvalue weighted by Gasteiger charge is 2.19. The smallest absolute Gasteiger partial charge is 0.0951 e. The van der Waals surface area contributed by atoms with Crippen molar-refractivity contribution in [3.05, 3.63) is 17.7 Å². The van der Waals surface area contributed by atoms with Crippen molar-refractivity contribution in [3.63, 3.8) is 0 Å². The number of hydrogen-bond acceptors (Lipinski definition) is 1. The van der Waals surface area contributed by atoms with Crippen LogP contribution in [0.5, 0.6) is 0 Å². The molecule has 1 fully saturated rings. The molecule has 2 nitrogen and oxygen atoms in total. The molecule has 1 aromatic rings. The Labute approximate surface area is 98.1 Å². The Bertz CT molecular complexity index is 348. The zero-order valence-corrected chi connectivity index (χ0v) is 10.1. The molecule has 0 spiro atoms. The van der Waals surface area contributed by atoms with E-state index < -0.39 is 0 Å². The standard InChI is InChI=1S/C14H22N2/c1-2-6-12(7-3-1)10-16-11-15-13-8-4-5-9-14(13)16/h11-12H,1-10H2. The van der Waals surface area contributed by atoms with Crippen molar-refractivity contribution in [2.75, 3.05) is 0 Å². The van der Waals surface area contributed by atoms with Crippen molar-refractivity contribution in [1.29, 1.82) is 0 Å². The highest BCUT2D eigenvalue weighted by atomic mass is 15.1. The average molecular weight is 218 g/mol. The predicted octanol–water partition coefficient (Wildman–Crippen LogP) is 3.34. The first-order valence-electron chi connectivity index (χ1n) is 6.96. The number of hydrogen-bond donors (Lipinski definition) is 0. The summed E-state index contributed by atoms with van der Waals surface area (Å²) in [7, 11) is 0. The van der Waals surface area contributed by atoms with Crippen molar-refractivity contribution in [1.82, 2.24) is 9.55 Å². The number of fused-ring (bicyclic) bond motifs is 1. The summed E-state index contributed by atoms with van der Waals surface area (Å²) < 4.78 is 2.46. The summed E-state index contributed by atoms with van der Waals surface area (Å²) in [5, 5.41) is 0. The van der Waals surface area contributed by atoms with E-state index in [2.05, 4.69) is 15.9 Å². The van der Waals surface area contributed by atoms with Crippen LogP contribution in [0.15, 0.2) is 6.33 Å². The lowest BCUT2D eigenvalue weighted by Gasteiger charge is -2.23. The first-order chi connectivity index (χ1) is 7.93. The minimum absolute atomic E-state index is 0.925. The zero-order chi connectivity index (χ0) is 10.8. The van der Waals surface area contributed by atoms with Gasteiger partial charge >= 0.3 is 0 Å². The summed E-state index contributed by atoms with van der Waals surface area (Å²) in [4.78, 5) is 4.59. The summed E-state index contributed by atoms with van der Waals surface area (Å²) >= 11 is 0. The van der Waals surface area contributed by atoms with Crippen LogP contribution < -0.4 is 0 Å². The number of imidazole rings is 1. The van der Waals surface area contributed by atoms with Crippen LogP contribution >= 0.6 is 0 Å². The fourth-order valence-electron chi connectivity index (χ4n) is 3.34. The van der Waals surface area contributed by atoms with E-state index in [0.717, 1.165) is 5.92 Å². The van der Waals surface area contributed by atoms with Crippen LogP contribution in [-0.2, 0) is 19.4 Å². The molecule has 0 atom stereocenters. The van der Waals surface area contributed by atoms with Crippen molar-refractivity contribution in [3.8, 4) is 0 Å². The van der Waals surface area contributed by atoms with Crippen molar-refractivity contribution in [2.24, 2.45) is 5.92 Å². The van der Waals surface area contributed by atoms with Gasteiger partial charge in [0.25, 0.3) is 0 Å². The quantitative estimate of drug-likeness (QED) is 0.744. The molecule has 16 heavy (non-hydrogen) atoms. The Morgan fingerprint density at radius 3 is 2.75 bits per heavy atom. The maximum Gasteiger partial charge on any atom is 0.0951 e. The molecule has 0 aromatic carbocycles. The van der Waals surface area contributed by atoms with E-state index in [-0.39, 0.29) is 0 Å². The van der Waals surface area contributed by atoms with Crippen LogP contribution in [0.4, 0.5) is 0 Å². The second kappa shape index (κ2) is 4.60. The molecule has 2 heteroatoms. The molecule has 1 saturated carbocycles. The summed E-state index contributed by atoms with van der Waals surface area (Å²) in [5.74, 6) is 0.925. The highest BCUT2D eigenvalue weighted by molar-refractivity contribution is 5.16. The van der Waals surface area contributed by atoms with E-state index in [9.17, 15) is 0 Å². The van der Waals surface area contributed by atoms with Crippen molar-refractivity contribution >= 4 is 0 Å². The van der Waals surface area contributed by atoms with Gasteiger partial charge in [-0.1, -0.05) is 19.3 Å². The van der Waals surface area contributed by atoms with E-state index in [1.54, 1.807) is 5.69 Å². The van der Waals surface area contributed by atoms with Gasteiger partial charge in [-0.2, -0.15) is 0 Å². The van der Waals surface area contributed by atoms with Crippen LogP contribution in [0.3, 0.4) is 0 Å². The third-order valence-corrected chi connectivity index (χ3v) is 4.29. The zero-order valence-electron chi connectivity index (χ0n) is 10.1. The van der Waals surface area contributed by atoms with E-state index >= 15 is 0 Å². The second-order valence-electron chi connectivity index (χ2n) is 5.50. The maximum atomic E-state index is 4.59. The molecule has 1 heterocycles. The lowest BCUT2D eigenvalue weighted by Crippen LogP contribution is -2.16. The minimum atomic E-state index is 0.925. The van der Waals surface area contributed by atoms with Gasteiger partial charge in [0, 0.05) is 12.2 Å². The summed E-state index contributed by atoms with van der Waals surface area (Å²) in [6.45, 7) is 1.24. The number of aromatic nitrogens is 2. The molecule has 0 radical (unpaired) electrons. The Balaban J connectivity index is 1.71. The predicted molar refractivity (Wildman–Crippen MR) is 65.4 cm³/mol. The second-order valence-corrected chi connectivity index (χ2v) is 5.50. The van der Waals surface area contributed by atoms with Crippen molar-refractivity contribution < 1.29 is 0 Å². The van der Waals surface area contributed by atoms with Gasteiger partial charge in [-0.15, -0.1) is 0 Å².